The minimum absolute atomic E-state index is 0.129. The Bertz CT molecular complexity index is 956. The number of aliphatic hydroxyl groups excluding tert-OH is 3. The molecular formula is C23H26O10. The van der Waals surface area contributed by atoms with E-state index >= 15 is 0 Å². The molecule has 10 nitrogen and oxygen atoms in total. The molecule has 2 aromatic carbocycles. The Morgan fingerprint density at radius 1 is 1.00 bits per heavy atom. The number of rotatable bonds is 8. The number of benzene rings is 2. The summed E-state index contributed by atoms with van der Waals surface area (Å²) >= 11 is 0. The molecule has 1 heterocycles. The Hall–Kier alpha value is -3.15. The van der Waals surface area contributed by atoms with Gasteiger partial charge >= 0.3 is 5.97 Å². The van der Waals surface area contributed by atoms with E-state index < -0.39 is 43.3 Å². The van der Waals surface area contributed by atoms with E-state index in [1.807, 2.05) is 0 Å². The SMILES string of the molecule is O=C(C=Cc1ccc(O)c(O)c1)O[C@@H]1[C@@H](O)[C@@H](O)[C@@H](OCCc2ccc(O)cc2)O[C@H]1CO. The van der Waals surface area contributed by atoms with E-state index in [4.69, 9.17) is 14.2 Å². The first-order chi connectivity index (χ1) is 15.8. The molecule has 0 aliphatic carbocycles. The van der Waals surface area contributed by atoms with Crippen molar-refractivity contribution in [1.82, 2.24) is 0 Å². The number of phenolic OH excluding ortho intramolecular Hbond substituents is 3. The van der Waals surface area contributed by atoms with Crippen LogP contribution in [0.15, 0.2) is 48.5 Å². The highest BCUT2D eigenvalue weighted by molar-refractivity contribution is 5.87. The largest absolute Gasteiger partial charge is 0.508 e. The third-order valence-electron chi connectivity index (χ3n) is 5.09. The van der Waals surface area contributed by atoms with Crippen LogP contribution in [0.2, 0.25) is 0 Å². The lowest BCUT2D eigenvalue weighted by Crippen LogP contribution is -2.60. The monoisotopic (exact) mass is 462 g/mol. The third-order valence-corrected chi connectivity index (χ3v) is 5.09. The molecule has 0 saturated carbocycles. The van der Waals surface area contributed by atoms with Gasteiger partial charge in [-0.3, -0.25) is 0 Å². The second-order valence-electron chi connectivity index (χ2n) is 7.48. The molecule has 178 valence electrons. The highest BCUT2D eigenvalue weighted by Gasteiger charge is 2.46. The van der Waals surface area contributed by atoms with Crippen molar-refractivity contribution in [2.45, 2.75) is 37.1 Å². The van der Waals surface area contributed by atoms with Crippen molar-refractivity contribution in [2.75, 3.05) is 13.2 Å². The zero-order chi connectivity index (χ0) is 24.0. The fraction of sp³-hybridized carbons (Fsp3) is 0.348. The van der Waals surface area contributed by atoms with Gasteiger partial charge in [0.15, 0.2) is 23.9 Å². The predicted molar refractivity (Wildman–Crippen MR) is 114 cm³/mol. The second kappa shape index (κ2) is 11.1. The van der Waals surface area contributed by atoms with Gasteiger partial charge in [0.1, 0.15) is 24.1 Å². The Labute approximate surface area is 189 Å². The summed E-state index contributed by atoms with van der Waals surface area (Å²) in [6.07, 6.45) is -4.07. The van der Waals surface area contributed by atoms with Gasteiger partial charge in [-0.15, -0.1) is 0 Å². The zero-order valence-corrected chi connectivity index (χ0v) is 17.5. The standard InChI is InChI=1S/C23H26O10/c24-12-18-22(33-19(28)8-4-14-3-7-16(26)17(27)11-14)20(29)21(30)23(32-18)31-10-9-13-1-5-15(25)6-2-13/h1-8,11,18,20-27,29-30H,9-10,12H2/t18-,20-,21+,22-,23-/m0/s1. The van der Waals surface area contributed by atoms with Crippen molar-refractivity contribution in [1.29, 1.82) is 0 Å². The highest BCUT2D eigenvalue weighted by Crippen LogP contribution is 2.26. The summed E-state index contributed by atoms with van der Waals surface area (Å²) in [4.78, 5) is 12.2. The van der Waals surface area contributed by atoms with Crippen LogP contribution in [0.5, 0.6) is 17.2 Å². The van der Waals surface area contributed by atoms with Crippen LogP contribution in [0, 0.1) is 0 Å². The number of ether oxygens (including phenoxy) is 3. The Kier molecular flexibility index (Phi) is 8.26. The lowest BCUT2D eigenvalue weighted by Gasteiger charge is -2.41. The molecule has 0 spiro atoms. The summed E-state index contributed by atoms with van der Waals surface area (Å²) in [5, 5.41) is 58.6. The van der Waals surface area contributed by atoms with Crippen LogP contribution in [0.25, 0.3) is 6.08 Å². The number of hydrogen-bond donors (Lipinski definition) is 6. The Morgan fingerprint density at radius 2 is 1.73 bits per heavy atom. The fourth-order valence-corrected chi connectivity index (χ4v) is 3.27. The molecule has 3 rings (SSSR count). The number of esters is 1. The Balaban J connectivity index is 1.56. The molecule has 2 aromatic rings. The normalized spacial score (nSPS) is 25.2. The number of phenols is 3. The van der Waals surface area contributed by atoms with Crippen LogP contribution < -0.4 is 0 Å². The molecule has 5 atom stereocenters. The van der Waals surface area contributed by atoms with Gasteiger partial charge in [0.25, 0.3) is 0 Å². The van der Waals surface area contributed by atoms with Crippen LogP contribution >= 0.6 is 0 Å². The van der Waals surface area contributed by atoms with Crippen LogP contribution in [-0.4, -0.2) is 80.5 Å². The number of carbonyl (C=O) groups excluding carboxylic acids is 1. The first-order valence-electron chi connectivity index (χ1n) is 10.2. The second-order valence-corrected chi connectivity index (χ2v) is 7.48. The zero-order valence-electron chi connectivity index (χ0n) is 17.5. The van der Waals surface area contributed by atoms with Crippen LogP contribution in [0.3, 0.4) is 0 Å². The van der Waals surface area contributed by atoms with E-state index in [0.29, 0.717) is 12.0 Å². The van der Waals surface area contributed by atoms with Gasteiger partial charge < -0.3 is 44.8 Å². The molecule has 1 aliphatic heterocycles. The van der Waals surface area contributed by atoms with E-state index in [-0.39, 0.29) is 23.9 Å². The van der Waals surface area contributed by atoms with E-state index in [1.54, 1.807) is 12.1 Å². The third kappa shape index (κ3) is 6.44. The molecule has 0 aromatic heterocycles. The van der Waals surface area contributed by atoms with Gasteiger partial charge in [0, 0.05) is 6.08 Å². The van der Waals surface area contributed by atoms with Crippen molar-refractivity contribution >= 4 is 12.0 Å². The maximum absolute atomic E-state index is 12.2. The van der Waals surface area contributed by atoms with Gasteiger partial charge in [-0.1, -0.05) is 18.2 Å². The van der Waals surface area contributed by atoms with Crippen molar-refractivity contribution in [3.8, 4) is 17.2 Å². The minimum atomic E-state index is -1.58. The summed E-state index contributed by atoms with van der Waals surface area (Å²) in [5.74, 6) is -1.41. The van der Waals surface area contributed by atoms with E-state index in [1.165, 1.54) is 36.4 Å². The van der Waals surface area contributed by atoms with Gasteiger partial charge in [-0.25, -0.2) is 4.79 Å². The van der Waals surface area contributed by atoms with E-state index in [0.717, 1.165) is 11.6 Å². The van der Waals surface area contributed by atoms with Crippen LogP contribution in [-0.2, 0) is 25.4 Å². The molecule has 1 saturated heterocycles. The molecule has 0 radical (unpaired) electrons. The quantitative estimate of drug-likeness (QED) is 0.184. The van der Waals surface area contributed by atoms with Crippen molar-refractivity contribution in [2.24, 2.45) is 0 Å². The number of hydrogen-bond acceptors (Lipinski definition) is 10. The summed E-state index contributed by atoms with van der Waals surface area (Å²) < 4.78 is 16.2. The number of aromatic hydroxyl groups is 3. The molecule has 0 amide bonds. The van der Waals surface area contributed by atoms with E-state index in [2.05, 4.69) is 0 Å². The first kappa shape index (κ1) is 24.5. The number of aliphatic hydroxyl groups is 3. The fourth-order valence-electron chi connectivity index (χ4n) is 3.27. The summed E-state index contributed by atoms with van der Waals surface area (Å²) in [7, 11) is 0. The molecule has 6 N–H and O–H groups in total. The summed E-state index contributed by atoms with van der Waals surface area (Å²) in [6.45, 7) is -0.473. The van der Waals surface area contributed by atoms with Gasteiger partial charge in [0.05, 0.1) is 13.2 Å². The van der Waals surface area contributed by atoms with Gasteiger partial charge in [-0.2, -0.15) is 0 Å². The molecule has 1 aliphatic rings. The minimum Gasteiger partial charge on any atom is -0.508 e. The van der Waals surface area contributed by atoms with Crippen LogP contribution in [0.4, 0.5) is 0 Å². The maximum Gasteiger partial charge on any atom is 0.331 e. The van der Waals surface area contributed by atoms with Crippen molar-refractivity contribution in [3.63, 3.8) is 0 Å². The van der Waals surface area contributed by atoms with E-state index in [9.17, 15) is 35.4 Å². The molecule has 1 fully saturated rings. The average Bonchev–Trinajstić information content (AvgIpc) is 2.80. The van der Waals surface area contributed by atoms with Gasteiger partial charge in [-0.05, 0) is 47.9 Å². The van der Waals surface area contributed by atoms with Gasteiger partial charge in [0.2, 0.25) is 0 Å². The summed E-state index contributed by atoms with van der Waals surface area (Å²) in [5.41, 5.74) is 1.28. The molecule has 33 heavy (non-hydrogen) atoms. The topological polar surface area (TPSA) is 166 Å². The first-order valence-corrected chi connectivity index (χ1v) is 10.2. The van der Waals surface area contributed by atoms with Crippen molar-refractivity contribution in [3.05, 3.63) is 59.7 Å². The highest BCUT2D eigenvalue weighted by atomic mass is 16.7. The lowest BCUT2D eigenvalue weighted by atomic mass is 9.99. The smallest absolute Gasteiger partial charge is 0.331 e. The predicted octanol–water partition coefficient (Wildman–Crippen LogP) is 0.427. The molecule has 0 bridgehead atoms. The molecular weight excluding hydrogens is 436 g/mol. The number of carbonyl (C=O) groups is 1. The lowest BCUT2D eigenvalue weighted by molar-refractivity contribution is -0.302. The molecule has 0 unspecified atom stereocenters. The molecule has 10 heteroatoms. The summed E-state index contributed by atoms with van der Waals surface area (Å²) in [6, 6.07) is 10.4. The van der Waals surface area contributed by atoms with Crippen LogP contribution in [0.1, 0.15) is 11.1 Å². The van der Waals surface area contributed by atoms with Crippen molar-refractivity contribution < 1.29 is 49.6 Å². The maximum atomic E-state index is 12.2. The Morgan fingerprint density at radius 3 is 2.39 bits per heavy atom. The average molecular weight is 462 g/mol.